The Bertz CT molecular complexity index is 1250. The summed E-state index contributed by atoms with van der Waals surface area (Å²) in [5.74, 6) is -0.149. The van der Waals surface area contributed by atoms with Gasteiger partial charge in [-0.1, -0.05) is 29.8 Å². The van der Waals surface area contributed by atoms with E-state index >= 15 is 0 Å². The Morgan fingerprint density at radius 3 is 2.81 bits per heavy atom. The zero-order valence-corrected chi connectivity index (χ0v) is 19.4. The Morgan fingerprint density at radius 1 is 1.25 bits per heavy atom. The average molecular weight is 472 g/mol. The van der Waals surface area contributed by atoms with E-state index in [1.165, 1.54) is 11.3 Å². The molecule has 3 aromatic rings. The first-order valence-corrected chi connectivity index (χ1v) is 12.7. The summed E-state index contributed by atoms with van der Waals surface area (Å²) in [6, 6.07) is 13.9. The third kappa shape index (κ3) is 5.53. The first-order valence-electron chi connectivity index (χ1n) is 10.4. The molecule has 0 saturated carbocycles. The number of carbonyl (C=O) groups excluding carboxylic acids is 1. The molecule has 0 bridgehead atoms. The highest BCUT2D eigenvalue weighted by atomic mass is 32.2. The smallest absolute Gasteiger partial charge is 0.285 e. The molecule has 9 heteroatoms. The maximum Gasteiger partial charge on any atom is 0.285 e. The minimum absolute atomic E-state index is 0.0862. The van der Waals surface area contributed by atoms with Gasteiger partial charge in [-0.3, -0.25) is 4.79 Å². The highest BCUT2D eigenvalue weighted by Crippen LogP contribution is 2.14. The molecule has 2 aromatic carbocycles. The molecule has 32 heavy (non-hydrogen) atoms. The Labute approximate surface area is 191 Å². The van der Waals surface area contributed by atoms with Crippen molar-refractivity contribution in [3.8, 4) is 0 Å². The van der Waals surface area contributed by atoms with Crippen molar-refractivity contribution in [2.45, 2.75) is 37.3 Å². The van der Waals surface area contributed by atoms with Crippen LogP contribution in [0.3, 0.4) is 0 Å². The minimum Gasteiger partial charge on any atom is -0.376 e. The fraction of sp³-hybridized carbons (Fsp3) is 0.304. The van der Waals surface area contributed by atoms with Gasteiger partial charge in [-0.05, 0) is 49.6 Å². The third-order valence-electron chi connectivity index (χ3n) is 5.23. The second kappa shape index (κ2) is 9.81. The van der Waals surface area contributed by atoms with Crippen molar-refractivity contribution in [1.29, 1.82) is 0 Å². The average Bonchev–Trinajstić information content (AvgIpc) is 3.45. The van der Waals surface area contributed by atoms with Crippen molar-refractivity contribution in [3.05, 3.63) is 81.6 Å². The lowest BCUT2D eigenvalue weighted by molar-refractivity contribution is 0.0857. The molecule has 7 nitrogen and oxygen atoms in total. The van der Waals surface area contributed by atoms with E-state index in [2.05, 4.69) is 9.71 Å². The number of nitrogens with one attached hydrogen (secondary N) is 1. The van der Waals surface area contributed by atoms with Crippen molar-refractivity contribution in [3.63, 3.8) is 0 Å². The number of carbonyl (C=O) groups is 1. The second-order valence-electron chi connectivity index (χ2n) is 7.74. The maximum atomic E-state index is 12.7. The Morgan fingerprint density at radius 2 is 2.06 bits per heavy atom. The van der Waals surface area contributed by atoms with Crippen molar-refractivity contribution in [2.24, 2.45) is 4.40 Å². The SMILES string of the molecule is Cc1ccc(S(=O)(=O)/N=c2\sccn2Cc2cccc(C(=O)NCC3CCCO3)c2)cc1. The predicted octanol–water partition coefficient (Wildman–Crippen LogP) is 3.10. The number of nitrogens with zero attached hydrogens (tertiary/aromatic N) is 2. The van der Waals surface area contributed by atoms with Crippen molar-refractivity contribution < 1.29 is 17.9 Å². The van der Waals surface area contributed by atoms with Crippen LogP contribution >= 0.6 is 11.3 Å². The number of sulfonamides is 1. The molecule has 1 aliphatic heterocycles. The lowest BCUT2D eigenvalue weighted by Gasteiger charge is -2.11. The number of benzene rings is 2. The van der Waals surface area contributed by atoms with Gasteiger partial charge in [0, 0.05) is 36.8 Å². The van der Waals surface area contributed by atoms with Crippen LogP contribution in [0.15, 0.2) is 69.4 Å². The number of hydrogen-bond donors (Lipinski definition) is 1. The van der Waals surface area contributed by atoms with Crippen LogP contribution in [0.2, 0.25) is 0 Å². The van der Waals surface area contributed by atoms with Gasteiger partial charge < -0.3 is 14.6 Å². The van der Waals surface area contributed by atoms with E-state index in [-0.39, 0.29) is 16.9 Å². The number of rotatable bonds is 7. The standard InChI is InChI=1S/C23H25N3O4S2/c1-17-7-9-21(10-8-17)32(28,29)25-23-26(11-13-31-23)16-18-4-2-5-19(14-18)22(27)24-15-20-6-3-12-30-20/h2,4-5,7-11,13-14,20H,3,6,12,15-16H2,1H3,(H,24,27)/b25-23-. The summed E-state index contributed by atoms with van der Waals surface area (Å²) in [7, 11) is -3.81. The van der Waals surface area contributed by atoms with Crippen LogP contribution in [-0.2, 0) is 21.3 Å². The number of hydrogen-bond acceptors (Lipinski definition) is 5. The summed E-state index contributed by atoms with van der Waals surface area (Å²) < 4.78 is 36.8. The number of aromatic nitrogens is 1. The number of ether oxygens (including phenoxy) is 1. The first-order chi connectivity index (χ1) is 15.4. The minimum atomic E-state index is -3.81. The summed E-state index contributed by atoms with van der Waals surface area (Å²) in [4.78, 5) is 13.1. The number of aryl methyl sites for hydroxylation is 1. The van der Waals surface area contributed by atoms with Gasteiger partial charge in [0.05, 0.1) is 11.0 Å². The number of thiazole rings is 1. The topological polar surface area (TPSA) is 89.8 Å². The van der Waals surface area contributed by atoms with Gasteiger partial charge in [0.15, 0.2) is 0 Å². The molecule has 1 aromatic heterocycles. The van der Waals surface area contributed by atoms with Gasteiger partial charge in [0.1, 0.15) is 0 Å². The third-order valence-corrected chi connectivity index (χ3v) is 7.42. The van der Waals surface area contributed by atoms with Crippen LogP contribution in [-0.4, -0.2) is 38.1 Å². The first kappa shape index (κ1) is 22.4. The van der Waals surface area contributed by atoms with Crippen LogP contribution in [0.25, 0.3) is 0 Å². The fourth-order valence-electron chi connectivity index (χ4n) is 3.48. The van der Waals surface area contributed by atoms with Crippen molar-refractivity contribution in [2.75, 3.05) is 13.2 Å². The van der Waals surface area contributed by atoms with Gasteiger partial charge in [0.25, 0.3) is 15.9 Å². The monoisotopic (exact) mass is 471 g/mol. The molecule has 0 aliphatic carbocycles. The van der Waals surface area contributed by atoms with Crippen molar-refractivity contribution >= 4 is 27.3 Å². The summed E-state index contributed by atoms with van der Waals surface area (Å²) in [6.45, 7) is 3.55. The maximum absolute atomic E-state index is 12.7. The van der Waals surface area contributed by atoms with Gasteiger partial charge in [-0.2, -0.15) is 8.42 Å². The van der Waals surface area contributed by atoms with Gasteiger partial charge in [-0.15, -0.1) is 15.7 Å². The van der Waals surface area contributed by atoms with Crippen LogP contribution in [0, 0.1) is 6.92 Å². The van der Waals surface area contributed by atoms with Gasteiger partial charge in [0.2, 0.25) is 4.80 Å². The molecule has 1 fully saturated rings. The van der Waals surface area contributed by atoms with E-state index in [4.69, 9.17) is 4.74 Å². The van der Waals surface area contributed by atoms with Crippen LogP contribution in [0.5, 0.6) is 0 Å². The highest BCUT2D eigenvalue weighted by Gasteiger charge is 2.17. The lowest BCUT2D eigenvalue weighted by Crippen LogP contribution is -2.31. The van der Waals surface area contributed by atoms with E-state index < -0.39 is 10.0 Å². The molecule has 2 heterocycles. The molecule has 1 amide bonds. The molecule has 1 aliphatic rings. The van der Waals surface area contributed by atoms with E-state index in [1.807, 2.05) is 25.1 Å². The summed E-state index contributed by atoms with van der Waals surface area (Å²) in [6.07, 6.45) is 3.87. The molecule has 1 atom stereocenters. The predicted molar refractivity (Wildman–Crippen MR) is 123 cm³/mol. The lowest BCUT2D eigenvalue weighted by atomic mass is 10.1. The molecule has 0 radical (unpaired) electrons. The van der Waals surface area contributed by atoms with Gasteiger partial charge in [-0.25, -0.2) is 0 Å². The summed E-state index contributed by atoms with van der Waals surface area (Å²) >= 11 is 1.25. The van der Waals surface area contributed by atoms with E-state index in [1.54, 1.807) is 46.5 Å². The zero-order chi connectivity index (χ0) is 22.6. The number of amides is 1. The van der Waals surface area contributed by atoms with Crippen LogP contribution in [0.1, 0.15) is 34.3 Å². The summed E-state index contributed by atoms with van der Waals surface area (Å²) in [5, 5.41) is 4.72. The molecule has 168 valence electrons. The Hall–Kier alpha value is -2.75. The molecule has 4 rings (SSSR count). The highest BCUT2D eigenvalue weighted by molar-refractivity contribution is 7.90. The Kier molecular flexibility index (Phi) is 6.88. The fourth-order valence-corrected chi connectivity index (χ4v) is 5.43. The molecule has 1 unspecified atom stereocenters. The molecular weight excluding hydrogens is 446 g/mol. The zero-order valence-electron chi connectivity index (χ0n) is 17.7. The van der Waals surface area contributed by atoms with E-state index in [9.17, 15) is 13.2 Å². The van der Waals surface area contributed by atoms with Gasteiger partial charge >= 0.3 is 0 Å². The summed E-state index contributed by atoms with van der Waals surface area (Å²) in [5.41, 5.74) is 2.42. The quantitative estimate of drug-likeness (QED) is 0.573. The Balaban J connectivity index is 1.50. The van der Waals surface area contributed by atoms with Crippen molar-refractivity contribution in [1.82, 2.24) is 9.88 Å². The van der Waals surface area contributed by atoms with E-state index in [0.29, 0.717) is 23.5 Å². The van der Waals surface area contributed by atoms with E-state index in [0.717, 1.165) is 30.6 Å². The normalized spacial score (nSPS) is 16.9. The largest absolute Gasteiger partial charge is 0.376 e. The molecule has 1 N–H and O–H groups in total. The molecule has 0 spiro atoms. The van der Waals surface area contributed by atoms with Crippen LogP contribution in [0.4, 0.5) is 0 Å². The molecular formula is C23H25N3O4S2. The molecule has 1 saturated heterocycles. The van der Waals surface area contributed by atoms with Crippen LogP contribution < -0.4 is 10.1 Å². The second-order valence-corrected chi connectivity index (χ2v) is 10.2.